The lowest BCUT2D eigenvalue weighted by Gasteiger charge is -2.33. The van der Waals surface area contributed by atoms with Crippen LogP contribution in [-0.2, 0) is 26.2 Å². The van der Waals surface area contributed by atoms with E-state index in [-0.39, 0.29) is 29.1 Å². The standard InChI is InChI=1S/C32H36Cl2FN3O5S/c1-3-43-28-15-17-29(18-16-28)44(41,42)38(27-13-11-25(35)12-14-27)21-31(39)37(20-23-9-10-24(33)19-30(23)34)22(2)32(40)36-26-7-5-4-6-8-26/h9-19,22,26H,3-8,20-21H2,1-2H3,(H,36,40)/t22-/m0/s1. The average Bonchev–Trinajstić information content (AvgIpc) is 3.00. The van der Waals surface area contributed by atoms with Gasteiger partial charge in [-0.1, -0.05) is 48.5 Å². The van der Waals surface area contributed by atoms with Crippen LogP contribution in [0, 0.1) is 5.82 Å². The highest BCUT2D eigenvalue weighted by Crippen LogP contribution is 2.28. The molecule has 4 rings (SSSR count). The van der Waals surface area contributed by atoms with Gasteiger partial charge in [-0.25, -0.2) is 12.8 Å². The second-order valence-electron chi connectivity index (χ2n) is 10.7. The maximum Gasteiger partial charge on any atom is 0.264 e. The number of ether oxygens (including phenoxy) is 1. The van der Waals surface area contributed by atoms with Crippen molar-refractivity contribution in [2.45, 2.75) is 69.5 Å². The molecule has 3 aromatic carbocycles. The molecule has 1 fully saturated rings. The molecule has 0 heterocycles. The molecule has 1 atom stereocenters. The van der Waals surface area contributed by atoms with Crippen LogP contribution in [0.4, 0.5) is 10.1 Å². The zero-order valence-electron chi connectivity index (χ0n) is 24.6. The minimum absolute atomic E-state index is 0.00511. The normalized spacial score (nSPS) is 14.5. The smallest absolute Gasteiger partial charge is 0.264 e. The molecule has 236 valence electrons. The van der Waals surface area contributed by atoms with Crippen LogP contribution in [0.25, 0.3) is 0 Å². The molecule has 1 N–H and O–H groups in total. The minimum atomic E-state index is -4.32. The summed E-state index contributed by atoms with van der Waals surface area (Å²) in [5.41, 5.74) is 0.613. The van der Waals surface area contributed by atoms with Crippen molar-refractivity contribution in [2.24, 2.45) is 0 Å². The van der Waals surface area contributed by atoms with E-state index in [1.54, 1.807) is 19.1 Å². The van der Waals surface area contributed by atoms with Gasteiger partial charge in [0.2, 0.25) is 11.8 Å². The Bertz CT molecular complexity index is 1550. The zero-order chi connectivity index (χ0) is 31.9. The predicted molar refractivity (Wildman–Crippen MR) is 170 cm³/mol. The number of halogens is 3. The first-order valence-electron chi connectivity index (χ1n) is 14.5. The molecule has 0 bridgehead atoms. The molecule has 1 saturated carbocycles. The van der Waals surface area contributed by atoms with E-state index in [0.29, 0.717) is 28.0 Å². The van der Waals surface area contributed by atoms with Crippen LogP contribution in [0.5, 0.6) is 5.75 Å². The van der Waals surface area contributed by atoms with Gasteiger partial charge < -0.3 is 15.0 Å². The molecule has 0 radical (unpaired) electrons. The fourth-order valence-corrected chi connectivity index (χ4v) is 7.01. The third-order valence-corrected chi connectivity index (χ3v) is 9.97. The van der Waals surface area contributed by atoms with Crippen molar-refractivity contribution < 1.29 is 27.1 Å². The molecule has 0 spiro atoms. The molecule has 12 heteroatoms. The lowest BCUT2D eigenvalue weighted by molar-refractivity contribution is -0.139. The first-order chi connectivity index (χ1) is 21.0. The Balaban J connectivity index is 1.68. The SMILES string of the molecule is CCOc1ccc(S(=O)(=O)N(CC(=O)N(Cc2ccc(Cl)cc2Cl)[C@@H](C)C(=O)NC2CCCCC2)c2ccc(F)cc2)cc1. The Morgan fingerprint density at radius 2 is 1.66 bits per heavy atom. The highest BCUT2D eigenvalue weighted by atomic mass is 35.5. The fourth-order valence-electron chi connectivity index (χ4n) is 5.12. The highest BCUT2D eigenvalue weighted by molar-refractivity contribution is 7.92. The Kier molecular flexibility index (Phi) is 11.5. The van der Waals surface area contributed by atoms with Gasteiger partial charge in [-0.15, -0.1) is 0 Å². The first kappa shape index (κ1) is 33.6. The van der Waals surface area contributed by atoms with Crippen LogP contribution in [0.3, 0.4) is 0 Å². The molecule has 1 aliphatic rings. The molecule has 2 amide bonds. The first-order valence-corrected chi connectivity index (χ1v) is 16.7. The van der Waals surface area contributed by atoms with Gasteiger partial charge >= 0.3 is 0 Å². The minimum Gasteiger partial charge on any atom is -0.494 e. The van der Waals surface area contributed by atoms with Gasteiger partial charge in [-0.2, -0.15) is 0 Å². The molecule has 8 nitrogen and oxygen atoms in total. The van der Waals surface area contributed by atoms with E-state index in [9.17, 15) is 22.4 Å². The van der Waals surface area contributed by atoms with E-state index >= 15 is 0 Å². The van der Waals surface area contributed by atoms with E-state index < -0.39 is 34.3 Å². The Hall–Kier alpha value is -3.34. The molecule has 0 unspecified atom stereocenters. The summed E-state index contributed by atoms with van der Waals surface area (Å²) in [5.74, 6) is -1.08. The fraction of sp³-hybridized carbons (Fsp3) is 0.375. The number of carbonyl (C=O) groups excluding carboxylic acids is 2. The number of benzene rings is 3. The summed E-state index contributed by atoms with van der Waals surface area (Å²) in [6.45, 7) is 3.08. The largest absolute Gasteiger partial charge is 0.494 e. The summed E-state index contributed by atoms with van der Waals surface area (Å²) in [5, 5.41) is 3.76. The monoisotopic (exact) mass is 663 g/mol. The zero-order valence-corrected chi connectivity index (χ0v) is 27.0. The quantitative estimate of drug-likeness (QED) is 0.236. The van der Waals surface area contributed by atoms with Crippen LogP contribution in [0.2, 0.25) is 10.0 Å². The van der Waals surface area contributed by atoms with Crippen molar-refractivity contribution in [3.8, 4) is 5.75 Å². The number of hydrogen-bond donors (Lipinski definition) is 1. The molecule has 0 aromatic heterocycles. The number of nitrogens with one attached hydrogen (secondary N) is 1. The summed E-state index contributed by atoms with van der Waals surface area (Å²) < 4.78 is 48.1. The third kappa shape index (κ3) is 8.43. The lowest BCUT2D eigenvalue weighted by atomic mass is 9.95. The summed E-state index contributed by atoms with van der Waals surface area (Å²) in [7, 11) is -4.32. The number of amides is 2. The molecule has 44 heavy (non-hydrogen) atoms. The summed E-state index contributed by atoms with van der Waals surface area (Å²) >= 11 is 12.5. The molecule has 0 saturated heterocycles. The highest BCUT2D eigenvalue weighted by Gasteiger charge is 2.33. The number of anilines is 1. The Morgan fingerprint density at radius 3 is 2.27 bits per heavy atom. The van der Waals surface area contributed by atoms with Crippen molar-refractivity contribution >= 4 is 50.7 Å². The molecule has 0 aliphatic heterocycles. The Morgan fingerprint density at radius 1 is 1.00 bits per heavy atom. The van der Waals surface area contributed by atoms with Crippen LogP contribution in [-0.4, -0.2) is 50.4 Å². The third-order valence-electron chi connectivity index (χ3n) is 7.59. The van der Waals surface area contributed by atoms with E-state index in [4.69, 9.17) is 27.9 Å². The molecule has 1 aliphatic carbocycles. The van der Waals surface area contributed by atoms with E-state index in [0.717, 1.165) is 48.5 Å². The van der Waals surface area contributed by atoms with Crippen molar-refractivity contribution in [2.75, 3.05) is 17.5 Å². The number of carbonyl (C=O) groups is 2. The van der Waals surface area contributed by atoms with Crippen molar-refractivity contribution in [3.05, 3.63) is 88.2 Å². The maximum atomic E-state index is 14.1. The van der Waals surface area contributed by atoms with Crippen molar-refractivity contribution in [1.29, 1.82) is 0 Å². The maximum absolute atomic E-state index is 14.1. The molecular formula is C32H36Cl2FN3O5S. The number of sulfonamides is 1. The topological polar surface area (TPSA) is 96.0 Å². The van der Waals surface area contributed by atoms with E-state index in [2.05, 4.69) is 5.32 Å². The van der Waals surface area contributed by atoms with E-state index in [1.165, 1.54) is 47.4 Å². The predicted octanol–water partition coefficient (Wildman–Crippen LogP) is 6.59. The van der Waals surface area contributed by atoms with Gasteiger partial charge in [0.05, 0.1) is 17.2 Å². The van der Waals surface area contributed by atoms with Crippen LogP contribution in [0.15, 0.2) is 71.6 Å². The molecular weight excluding hydrogens is 628 g/mol. The van der Waals surface area contributed by atoms with Gasteiger partial charge in [-0.3, -0.25) is 13.9 Å². The van der Waals surface area contributed by atoms with Crippen molar-refractivity contribution in [1.82, 2.24) is 10.2 Å². The van der Waals surface area contributed by atoms with Crippen LogP contribution >= 0.6 is 23.2 Å². The van der Waals surface area contributed by atoms with Gasteiger partial charge in [-0.05, 0) is 92.9 Å². The second-order valence-corrected chi connectivity index (χ2v) is 13.4. The Labute approximate surface area is 268 Å². The van der Waals surface area contributed by atoms with Crippen LogP contribution < -0.4 is 14.4 Å². The van der Waals surface area contributed by atoms with Crippen molar-refractivity contribution in [3.63, 3.8) is 0 Å². The lowest BCUT2D eigenvalue weighted by Crippen LogP contribution is -2.53. The number of rotatable bonds is 12. The van der Waals surface area contributed by atoms with Gasteiger partial charge in [0, 0.05) is 22.6 Å². The van der Waals surface area contributed by atoms with E-state index in [1.807, 2.05) is 6.92 Å². The van der Waals surface area contributed by atoms with Gasteiger partial charge in [0.1, 0.15) is 24.2 Å². The second kappa shape index (κ2) is 15.1. The average molecular weight is 665 g/mol. The summed E-state index contributed by atoms with van der Waals surface area (Å²) in [6, 6.07) is 14.5. The van der Waals surface area contributed by atoms with Crippen LogP contribution in [0.1, 0.15) is 51.5 Å². The van der Waals surface area contributed by atoms with Gasteiger partial charge in [0.15, 0.2) is 0 Å². The number of hydrogen-bond acceptors (Lipinski definition) is 5. The van der Waals surface area contributed by atoms with Gasteiger partial charge in [0.25, 0.3) is 10.0 Å². The molecule has 3 aromatic rings. The summed E-state index contributed by atoms with van der Waals surface area (Å²) in [4.78, 5) is 28.8. The number of nitrogens with zero attached hydrogens (tertiary/aromatic N) is 2. The summed E-state index contributed by atoms with van der Waals surface area (Å²) in [6.07, 6.45) is 4.85.